The van der Waals surface area contributed by atoms with E-state index in [0.717, 1.165) is 45.1 Å². The van der Waals surface area contributed by atoms with Crippen LogP contribution in [0.15, 0.2) is 47.5 Å². The number of carbonyl (C=O) groups is 2. The largest absolute Gasteiger partial charge is 0.342 e. The maximum absolute atomic E-state index is 12.6. The van der Waals surface area contributed by atoms with Gasteiger partial charge >= 0.3 is 0 Å². The Morgan fingerprint density at radius 3 is 2.68 bits per heavy atom. The molecule has 0 spiro atoms. The number of nitrogens with zero attached hydrogens (tertiary/aromatic N) is 2. The summed E-state index contributed by atoms with van der Waals surface area (Å²) in [6.45, 7) is 2.63. The molecule has 2 aromatic carbocycles. The second kappa shape index (κ2) is 8.84. The van der Waals surface area contributed by atoms with Crippen molar-refractivity contribution in [3.63, 3.8) is 0 Å². The number of para-hydroxylation sites is 1. The summed E-state index contributed by atoms with van der Waals surface area (Å²) >= 11 is 13.4. The smallest absolute Gasteiger partial charge is 0.294 e. The van der Waals surface area contributed by atoms with E-state index in [4.69, 9.17) is 29.6 Å². The van der Waals surface area contributed by atoms with Crippen LogP contribution in [0, 0.1) is 12.3 Å². The third-order valence-corrected chi connectivity index (χ3v) is 6.65. The molecule has 2 heterocycles. The quantitative estimate of drug-likeness (QED) is 0.329. The highest BCUT2D eigenvalue weighted by molar-refractivity contribution is 8.18. The van der Waals surface area contributed by atoms with E-state index in [2.05, 4.69) is 23.5 Å². The average Bonchev–Trinajstić information content (AvgIpc) is 3.22. The Hall–Kier alpha value is -2.65. The van der Waals surface area contributed by atoms with E-state index in [-0.39, 0.29) is 17.7 Å². The van der Waals surface area contributed by atoms with E-state index < -0.39 is 0 Å². The lowest BCUT2D eigenvalue weighted by Gasteiger charge is -2.10. The van der Waals surface area contributed by atoms with E-state index in [1.807, 2.05) is 30.5 Å². The van der Waals surface area contributed by atoms with Crippen molar-refractivity contribution in [1.29, 1.82) is 0 Å². The van der Waals surface area contributed by atoms with Gasteiger partial charge < -0.3 is 4.57 Å². The topological polar surface area (TPSA) is 42.3 Å². The summed E-state index contributed by atoms with van der Waals surface area (Å²) in [5, 5.41) is 1.84. The normalized spacial score (nSPS) is 15.3. The Morgan fingerprint density at radius 2 is 1.97 bits per heavy atom. The summed E-state index contributed by atoms with van der Waals surface area (Å²) in [7, 11) is 0. The zero-order valence-corrected chi connectivity index (χ0v) is 19.0. The standard InChI is InChI=1S/C24H18Cl2N2O2S/c1-3-10-28-23(29)21(31-24(28)30)11-17-14-27(13-16-8-9-18(25)12-20(16)26)22-15(4-2)6-5-7-19(17)22/h1,5-9,11-12,14H,4,10,13H2,2H3/b21-11-. The Bertz CT molecular complexity index is 1290. The van der Waals surface area contributed by atoms with E-state index in [1.165, 1.54) is 5.56 Å². The van der Waals surface area contributed by atoms with Gasteiger partial charge in [0.15, 0.2) is 0 Å². The molecule has 0 N–H and O–H groups in total. The van der Waals surface area contributed by atoms with Gasteiger partial charge in [-0.25, -0.2) is 0 Å². The molecular weight excluding hydrogens is 451 g/mol. The average molecular weight is 469 g/mol. The van der Waals surface area contributed by atoms with Gasteiger partial charge in [0.2, 0.25) is 0 Å². The van der Waals surface area contributed by atoms with Crippen LogP contribution in [0.5, 0.6) is 0 Å². The lowest BCUT2D eigenvalue weighted by atomic mass is 10.1. The van der Waals surface area contributed by atoms with Gasteiger partial charge in [0.05, 0.1) is 17.0 Å². The van der Waals surface area contributed by atoms with Crippen molar-refractivity contribution in [3.05, 3.63) is 74.2 Å². The van der Waals surface area contributed by atoms with Crippen molar-refractivity contribution in [2.24, 2.45) is 0 Å². The van der Waals surface area contributed by atoms with Gasteiger partial charge in [0.25, 0.3) is 11.1 Å². The number of hydrogen-bond acceptors (Lipinski definition) is 3. The minimum absolute atomic E-state index is 0.0290. The maximum atomic E-state index is 12.6. The van der Waals surface area contributed by atoms with Gasteiger partial charge in [-0.2, -0.15) is 0 Å². The van der Waals surface area contributed by atoms with Crippen molar-refractivity contribution in [2.75, 3.05) is 6.54 Å². The maximum Gasteiger partial charge on any atom is 0.294 e. The molecule has 156 valence electrons. The van der Waals surface area contributed by atoms with Crippen molar-refractivity contribution in [2.45, 2.75) is 19.9 Å². The first kappa shape index (κ1) is 21.6. The Labute approximate surface area is 194 Å². The molecular formula is C24H18Cl2N2O2S. The van der Waals surface area contributed by atoms with E-state index >= 15 is 0 Å². The number of halogens is 2. The van der Waals surface area contributed by atoms with Gasteiger partial charge in [-0.1, -0.05) is 60.3 Å². The lowest BCUT2D eigenvalue weighted by Crippen LogP contribution is -2.28. The Balaban J connectivity index is 1.82. The summed E-state index contributed by atoms with van der Waals surface area (Å²) in [6, 6.07) is 11.6. The predicted octanol–water partition coefficient (Wildman–Crippen LogP) is 6.23. The second-order valence-electron chi connectivity index (χ2n) is 7.09. The number of hydrogen-bond donors (Lipinski definition) is 0. The minimum Gasteiger partial charge on any atom is -0.342 e. The van der Waals surface area contributed by atoms with Crippen LogP contribution in [-0.4, -0.2) is 27.2 Å². The molecule has 1 aliphatic rings. The van der Waals surface area contributed by atoms with Crippen LogP contribution in [-0.2, 0) is 17.8 Å². The SMILES string of the molecule is C#CCN1C(=O)S/C(=C\c2cn(Cc3ccc(Cl)cc3Cl)c3c(CC)cccc23)C1=O. The van der Waals surface area contributed by atoms with Gasteiger partial charge in [0.1, 0.15) is 0 Å². The number of thioether (sulfide) groups is 1. The fraction of sp³-hybridized carbons (Fsp3) is 0.167. The molecule has 31 heavy (non-hydrogen) atoms. The second-order valence-corrected chi connectivity index (χ2v) is 8.92. The number of benzene rings is 2. The highest BCUT2D eigenvalue weighted by Crippen LogP contribution is 2.35. The highest BCUT2D eigenvalue weighted by atomic mass is 35.5. The minimum atomic E-state index is -0.360. The predicted molar refractivity (Wildman–Crippen MR) is 128 cm³/mol. The van der Waals surface area contributed by atoms with Crippen LogP contribution in [0.25, 0.3) is 17.0 Å². The van der Waals surface area contributed by atoms with Gasteiger partial charge in [-0.05, 0) is 47.5 Å². The van der Waals surface area contributed by atoms with Gasteiger partial charge in [-0.3, -0.25) is 14.5 Å². The van der Waals surface area contributed by atoms with Crippen molar-refractivity contribution in [1.82, 2.24) is 9.47 Å². The first-order valence-electron chi connectivity index (χ1n) is 9.66. The third-order valence-electron chi connectivity index (χ3n) is 5.16. The molecule has 0 saturated carbocycles. The fourth-order valence-corrected chi connectivity index (χ4v) is 4.99. The first-order chi connectivity index (χ1) is 14.9. The first-order valence-corrected chi connectivity index (χ1v) is 11.2. The Kier molecular flexibility index (Phi) is 6.15. The van der Waals surface area contributed by atoms with Gasteiger partial charge in [-0.15, -0.1) is 6.42 Å². The highest BCUT2D eigenvalue weighted by Gasteiger charge is 2.34. The summed E-state index contributed by atoms with van der Waals surface area (Å²) in [5.41, 5.74) is 4.06. The Morgan fingerprint density at radius 1 is 1.16 bits per heavy atom. The van der Waals surface area contributed by atoms with Crippen LogP contribution >= 0.6 is 35.0 Å². The molecule has 4 nitrogen and oxygen atoms in total. The summed E-state index contributed by atoms with van der Waals surface area (Å²) in [4.78, 5) is 26.2. The molecule has 2 amide bonds. The van der Waals surface area contributed by atoms with Gasteiger partial charge in [0, 0.05) is 33.7 Å². The summed E-state index contributed by atoms with van der Waals surface area (Å²) in [6.07, 6.45) is 9.90. The summed E-state index contributed by atoms with van der Waals surface area (Å²) < 4.78 is 2.13. The molecule has 0 unspecified atom stereocenters. The van der Waals surface area contributed by atoms with Crippen molar-refractivity contribution >= 4 is 63.1 Å². The van der Waals surface area contributed by atoms with Crippen LogP contribution in [0.1, 0.15) is 23.6 Å². The zero-order valence-electron chi connectivity index (χ0n) is 16.7. The number of imide groups is 1. The molecule has 0 bridgehead atoms. The van der Waals surface area contributed by atoms with E-state index in [9.17, 15) is 9.59 Å². The fourth-order valence-electron chi connectivity index (χ4n) is 3.69. The molecule has 1 saturated heterocycles. The van der Waals surface area contributed by atoms with Crippen LogP contribution < -0.4 is 0 Å². The zero-order chi connectivity index (χ0) is 22.1. The monoisotopic (exact) mass is 468 g/mol. The van der Waals surface area contributed by atoms with Crippen molar-refractivity contribution in [3.8, 4) is 12.3 Å². The van der Waals surface area contributed by atoms with E-state index in [0.29, 0.717) is 21.5 Å². The number of aryl methyl sites for hydroxylation is 1. The molecule has 0 radical (unpaired) electrons. The number of fused-ring (bicyclic) bond motifs is 1. The number of carbonyl (C=O) groups excluding carboxylic acids is 2. The van der Waals surface area contributed by atoms with Crippen molar-refractivity contribution < 1.29 is 9.59 Å². The number of amides is 2. The molecule has 1 aromatic heterocycles. The molecule has 3 aromatic rings. The number of rotatable bonds is 5. The molecule has 0 aliphatic carbocycles. The molecule has 1 fully saturated rings. The number of aromatic nitrogens is 1. The molecule has 0 atom stereocenters. The number of terminal acetylenes is 1. The van der Waals surface area contributed by atoms with Crippen LogP contribution in [0.3, 0.4) is 0 Å². The van der Waals surface area contributed by atoms with Crippen LogP contribution in [0.4, 0.5) is 4.79 Å². The summed E-state index contributed by atoms with van der Waals surface area (Å²) in [5.74, 6) is 2.00. The van der Waals surface area contributed by atoms with E-state index in [1.54, 1.807) is 12.1 Å². The molecule has 1 aliphatic heterocycles. The third kappa shape index (κ3) is 4.12. The lowest BCUT2D eigenvalue weighted by molar-refractivity contribution is -0.122. The molecule has 7 heteroatoms. The molecule has 4 rings (SSSR count). The van der Waals surface area contributed by atoms with Crippen LogP contribution in [0.2, 0.25) is 10.0 Å².